The molecule has 3 rings (SSSR count). The number of carbonyl (C=O) groups is 1. The van der Waals surface area contributed by atoms with Crippen molar-refractivity contribution in [1.82, 2.24) is 15.5 Å². The number of nitrogens with zero attached hydrogens (tertiary/aromatic N) is 1. The molecule has 0 aromatic carbocycles. The summed E-state index contributed by atoms with van der Waals surface area (Å²) in [5.74, 6) is 1.62. The maximum atomic E-state index is 12.4. The molecule has 2 aliphatic carbocycles. The minimum absolute atomic E-state index is 0.0242. The van der Waals surface area contributed by atoms with Crippen LogP contribution in [-0.2, 0) is 4.79 Å². The van der Waals surface area contributed by atoms with Crippen molar-refractivity contribution in [3.63, 3.8) is 0 Å². The molecule has 2 N–H and O–H groups in total. The van der Waals surface area contributed by atoms with Gasteiger partial charge in [-0.15, -0.1) is 0 Å². The van der Waals surface area contributed by atoms with Crippen molar-refractivity contribution in [1.29, 1.82) is 0 Å². The molecule has 126 valence electrons. The second kappa shape index (κ2) is 6.12. The Morgan fingerprint density at radius 1 is 1.14 bits per heavy atom. The lowest BCUT2D eigenvalue weighted by atomic mass is 9.64. The molecule has 0 spiro atoms. The Hall–Kier alpha value is -0.610. The molecule has 0 aromatic heterocycles. The predicted octanol–water partition coefficient (Wildman–Crippen LogP) is 2.00. The zero-order valence-corrected chi connectivity index (χ0v) is 14.6. The third-order valence-corrected chi connectivity index (χ3v) is 7.10. The normalized spacial score (nSPS) is 36.9. The van der Waals surface area contributed by atoms with E-state index in [-0.39, 0.29) is 16.9 Å². The highest BCUT2D eigenvalue weighted by Crippen LogP contribution is 2.61. The van der Waals surface area contributed by atoms with Crippen molar-refractivity contribution < 1.29 is 4.79 Å². The first kappa shape index (κ1) is 16.3. The van der Waals surface area contributed by atoms with Crippen LogP contribution in [0.2, 0.25) is 0 Å². The van der Waals surface area contributed by atoms with E-state index in [4.69, 9.17) is 0 Å². The maximum absolute atomic E-state index is 12.4. The van der Waals surface area contributed by atoms with Crippen LogP contribution in [0.5, 0.6) is 0 Å². The zero-order chi connectivity index (χ0) is 15.8. The van der Waals surface area contributed by atoms with Crippen molar-refractivity contribution in [3.8, 4) is 0 Å². The highest BCUT2D eigenvalue weighted by Gasteiger charge is 2.60. The third-order valence-electron chi connectivity index (χ3n) is 7.10. The fraction of sp³-hybridized carbons (Fsp3) is 0.944. The molecule has 0 aromatic rings. The van der Waals surface area contributed by atoms with E-state index in [0.29, 0.717) is 12.5 Å². The molecule has 2 saturated carbocycles. The van der Waals surface area contributed by atoms with Gasteiger partial charge in [0.2, 0.25) is 5.91 Å². The molecule has 0 radical (unpaired) electrons. The van der Waals surface area contributed by atoms with E-state index in [1.165, 1.54) is 45.2 Å². The average molecular weight is 307 g/mol. The van der Waals surface area contributed by atoms with Gasteiger partial charge in [-0.2, -0.15) is 0 Å². The number of likely N-dealkylation sites (tertiary alicyclic amines) is 1. The van der Waals surface area contributed by atoms with Crippen molar-refractivity contribution in [2.24, 2.45) is 17.3 Å². The largest absolute Gasteiger partial charge is 0.349 e. The highest BCUT2D eigenvalue weighted by molar-refractivity contribution is 5.79. The minimum atomic E-state index is -0.0242. The summed E-state index contributed by atoms with van der Waals surface area (Å²) in [5.41, 5.74) is 0.199. The smallest absolute Gasteiger partial charge is 0.234 e. The number of amides is 1. The Morgan fingerprint density at radius 2 is 1.82 bits per heavy atom. The van der Waals surface area contributed by atoms with Gasteiger partial charge in [0.15, 0.2) is 0 Å². The van der Waals surface area contributed by atoms with E-state index in [1.807, 2.05) is 0 Å². The van der Waals surface area contributed by atoms with Crippen LogP contribution in [-0.4, -0.2) is 49.1 Å². The first-order valence-corrected chi connectivity index (χ1v) is 9.17. The van der Waals surface area contributed by atoms with Crippen LogP contribution in [0.3, 0.4) is 0 Å². The van der Waals surface area contributed by atoms with Gasteiger partial charge in [0.05, 0.1) is 6.54 Å². The van der Waals surface area contributed by atoms with Gasteiger partial charge in [-0.25, -0.2) is 0 Å². The zero-order valence-electron chi connectivity index (χ0n) is 14.6. The molecule has 1 aliphatic heterocycles. The molecule has 3 atom stereocenters. The van der Waals surface area contributed by atoms with Crippen molar-refractivity contribution in [2.45, 2.75) is 58.4 Å². The summed E-state index contributed by atoms with van der Waals surface area (Å²) in [6.45, 7) is 11.9. The molecule has 4 heteroatoms. The van der Waals surface area contributed by atoms with E-state index in [2.05, 4.69) is 36.3 Å². The van der Waals surface area contributed by atoms with Gasteiger partial charge >= 0.3 is 0 Å². The maximum Gasteiger partial charge on any atom is 0.234 e. The molecular formula is C18H33N3O. The fourth-order valence-electron chi connectivity index (χ4n) is 5.15. The molecular weight excluding hydrogens is 274 g/mol. The van der Waals surface area contributed by atoms with Crippen molar-refractivity contribution in [3.05, 3.63) is 0 Å². The Bertz CT molecular complexity index is 417. The minimum Gasteiger partial charge on any atom is -0.349 e. The van der Waals surface area contributed by atoms with E-state index in [1.54, 1.807) is 0 Å². The van der Waals surface area contributed by atoms with Crippen LogP contribution in [0.15, 0.2) is 0 Å². The lowest BCUT2D eigenvalue weighted by Crippen LogP contribution is -2.60. The van der Waals surface area contributed by atoms with Gasteiger partial charge in [0.25, 0.3) is 0 Å². The number of nitrogens with one attached hydrogen (secondary N) is 2. The van der Waals surface area contributed by atoms with Crippen LogP contribution >= 0.6 is 0 Å². The van der Waals surface area contributed by atoms with E-state index >= 15 is 0 Å². The number of rotatable bonds is 6. The molecule has 1 saturated heterocycles. The molecule has 1 amide bonds. The Morgan fingerprint density at radius 3 is 2.45 bits per heavy atom. The molecule has 1 heterocycles. The molecule has 22 heavy (non-hydrogen) atoms. The summed E-state index contributed by atoms with van der Waals surface area (Å²) in [5, 5.41) is 6.71. The molecule has 4 nitrogen and oxygen atoms in total. The molecule has 3 aliphatic rings. The summed E-state index contributed by atoms with van der Waals surface area (Å²) in [6, 6.07) is 0. The van der Waals surface area contributed by atoms with E-state index < -0.39 is 0 Å². The number of carbonyl (C=O) groups excluding carboxylic acids is 1. The van der Waals surface area contributed by atoms with Crippen molar-refractivity contribution >= 4 is 5.91 Å². The summed E-state index contributed by atoms with van der Waals surface area (Å²) in [6.07, 6.45) is 6.59. The number of hydrogen-bond acceptors (Lipinski definition) is 3. The third kappa shape index (κ3) is 2.80. The van der Waals surface area contributed by atoms with Gasteiger partial charge in [0, 0.05) is 18.6 Å². The monoisotopic (exact) mass is 307 g/mol. The van der Waals surface area contributed by atoms with E-state index in [0.717, 1.165) is 19.0 Å². The van der Waals surface area contributed by atoms with Gasteiger partial charge in [-0.3, -0.25) is 4.79 Å². The fourth-order valence-corrected chi connectivity index (χ4v) is 5.15. The topological polar surface area (TPSA) is 44.4 Å². The molecule has 0 unspecified atom stereocenters. The predicted molar refractivity (Wildman–Crippen MR) is 89.7 cm³/mol. The van der Waals surface area contributed by atoms with Gasteiger partial charge in [0.1, 0.15) is 0 Å². The average Bonchev–Trinajstić information content (AvgIpc) is 3.16. The van der Waals surface area contributed by atoms with E-state index in [9.17, 15) is 4.79 Å². The highest BCUT2D eigenvalue weighted by atomic mass is 16.2. The SMILES string of the molecule is CC1(C)[C@H]2CC[C@@H](C2)[C@]1(C)NC(=O)CNCCN1CCCC1. The van der Waals surface area contributed by atoms with Crippen LogP contribution < -0.4 is 10.6 Å². The first-order chi connectivity index (χ1) is 10.4. The van der Waals surface area contributed by atoms with Crippen LogP contribution in [0.1, 0.15) is 52.9 Å². The lowest BCUT2D eigenvalue weighted by molar-refractivity contribution is -0.124. The van der Waals surface area contributed by atoms with Crippen LogP contribution in [0, 0.1) is 17.3 Å². The summed E-state index contributed by atoms with van der Waals surface area (Å²) in [4.78, 5) is 14.9. The standard InChI is InChI=1S/C18H33N3O/c1-17(2)14-6-7-15(12-14)18(17,3)20-16(22)13-19-8-11-21-9-4-5-10-21/h14-15,19H,4-13H2,1-3H3,(H,20,22)/t14-,15-,18-/m0/s1. The first-order valence-electron chi connectivity index (χ1n) is 9.17. The van der Waals surface area contributed by atoms with Gasteiger partial charge < -0.3 is 15.5 Å². The van der Waals surface area contributed by atoms with Gasteiger partial charge in [-0.1, -0.05) is 13.8 Å². The second-order valence-electron chi connectivity index (χ2n) is 8.40. The second-order valence-corrected chi connectivity index (χ2v) is 8.40. The number of hydrogen-bond donors (Lipinski definition) is 2. The summed E-state index contributed by atoms with van der Waals surface area (Å²) < 4.78 is 0. The van der Waals surface area contributed by atoms with Gasteiger partial charge in [-0.05, 0) is 69.4 Å². The Balaban J connectivity index is 1.43. The summed E-state index contributed by atoms with van der Waals surface area (Å²) >= 11 is 0. The Kier molecular flexibility index (Phi) is 4.52. The van der Waals surface area contributed by atoms with Crippen molar-refractivity contribution in [2.75, 3.05) is 32.7 Å². The van der Waals surface area contributed by atoms with Crippen LogP contribution in [0.25, 0.3) is 0 Å². The molecule has 2 bridgehead atoms. The summed E-state index contributed by atoms with van der Waals surface area (Å²) in [7, 11) is 0. The molecule has 3 fully saturated rings. The lowest BCUT2D eigenvalue weighted by Gasteiger charge is -2.48. The quantitative estimate of drug-likeness (QED) is 0.738. The Labute approximate surface area is 135 Å². The van der Waals surface area contributed by atoms with Crippen LogP contribution in [0.4, 0.5) is 0 Å². The number of fused-ring (bicyclic) bond motifs is 2.